The van der Waals surface area contributed by atoms with Gasteiger partial charge in [-0.2, -0.15) is 0 Å². The number of aromatic nitrogens is 1. The number of amides is 2. The van der Waals surface area contributed by atoms with Crippen molar-refractivity contribution >= 4 is 11.8 Å². The number of β-amino-alcohol motifs (C(OH)–C–C–N with tert-alkyl or cyclic N) is 1. The Bertz CT molecular complexity index is 515. The van der Waals surface area contributed by atoms with Crippen LogP contribution in [0.3, 0.4) is 0 Å². The first-order chi connectivity index (χ1) is 9.32. The van der Waals surface area contributed by atoms with Gasteiger partial charge < -0.3 is 9.67 Å². The van der Waals surface area contributed by atoms with Crippen molar-refractivity contribution < 1.29 is 14.7 Å². The maximum Gasteiger partial charge on any atom is 0.274 e. The number of aryl methyl sites for hydroxylation is 1. The van der Waals surface area contributed by atoms with Crippen LogP contribution in [0.15, 0.2) is 18.3 Å². The lowest BCUT2D eigenvalue weighted by atomic mass is 9.83. The summed E-state index contributed by atoms with van der Waals surface area (Å²) in [5.41, 5.74) is -0.261. The first-order valence-electron chi connectivity index (χ1n) is 6.72. The minimum absolute atomic E-state index is 0.130. The van der Waals surface area contributed by atoms with Gasteiger partial charge in [-0.1, -0.05) is 13.8 Å². The second-order valence-electron chi connectivity index (χ2n) is 5.79. The van der Waals surface area contributed by atoms with Crippen LogP contribution in [0.5, 0.6) is 0 Å². The van der Waals surface area contributed by atoms with Crippen LogP contribution in [0.4, 0.5) is 0 Å². The van der Waals surface area contributed by atoms with Crippen molar-refractivity contribution in [1.82, 2.24) is 14.8 Å². The fourth-order valence-electron chi connectivity index (χ4n) is 2.34. The number of hydrogen-bond donors (Lipinski definition) is 2. The van der Waals surface area contributed by atoms with E-state index in [2.05, 4.69) is 5.32 Å². The molecular formula is C14H21N3O3. The van der Waals surface area contributed by atoms with Gasteiger partial charge in [0.15, 0.2) is 0 Å². The molecule has 0 aromatic carbocycles. The topological polar surface area (TPSA) is 74.6 Å². The van der Waals surface area contributed by atoms with E-state index in [9.17, 15) is 14.7 Å². The van der Waals surface area contributed by atoms with E-state index in [0.717, 1.165) is 0 Å². The minimum Gasteiger partial charge on any atom is -0.387 e. The highest BCUT2D eigenvalue weighted by atomic mass is 16.3. The molecule has 0 saturated carbocycles. The third-order valence-electron chi connectivity index (χ3n) is 3.87. The van der Waals surface area contributed by atoms with Gasteiger partial charge in [-0.15, -0.1) is 0 Å². The van der Waals surface area contributed by atoms with Gasteiger partial charge in [0, 0.05) is 26.3 Å². The summed E-state index contributed by atoms with van der Waals surface area (Å²) in [5, 5.41) is 12.5. The SMILES string of the molecule is CC(C)C1(O)CN(CC(=O)NC(=O)c2cccn2C)C1. The van der Waals surface area contributed by atoms with Crippen LogP contribution < -0.4 is 5.32 Å². The average molecular weight is 279 g/mol. The fourth-order valence-corrected chi connectivity index (χ4v) is 2.34. The first kappa shape index (κ1) is 14.7. The molecule has 0 radical (unpaired) electrons. The molecular weight excluding hydrogens is 258 g/mol. The van der Waals surface area contributed by atoms with Crippen molar-refractivity contribution in [3.63, 3.8) is 0 Å². The number of carbonyl (C=O) groups is 2. The molecule has 0 bridgehead atoms. The standard InChI is InChI=1S/C14H21N3O3/c1-10(2)14(20)8-17(9-14)7-12(18)15-13(19)11-5-4-6-16(11)3/h4-6,10,20H,7-9H2,1-3H3,(H,15,18,19). The molecule has 0 aliphatic carbocycles. The minimum atomic E-state index is -0.706. The zero-order valence-electron chi connectivity index (χ0n) is 12.1. The van der Waals surface area contributed by atoms with E-state index in [1.54, 1.807) is 29.9 Å². The molecule has 2 amide bonds. The van der Waals surface area contributed by atoms with E-state index in [4.69, 9.17) is 0 Å². The normalized spacial score (nSPS) is 17.9. The Hall–Kier alpha value is -1.66. The Morgan fingerprint density at radius 2 is 2.10 bits per heavy atom. The number of nitrogens with zero attached hydrogens (tertiary/aromatic N) is 2. The molecule has 2 rings (SSSR count). The van der Waals surface area contributed by atoms with E-state index in [0.29, 0.717) is 18.8 Å². The molecule has 2 heterocycles. The Balaban J connectivity index is 1.80. The van der Waals surface area contributed by atoms with Gasteiger partial charge in [0.05, 0.1) is 12.1 Å². The number of nitrogens with one attached hydrogen (secondary N) is 1. The third kappa shape index (κ3) is 2.91. The summed E-state index contributed by atoms with van der Waals surface area (Å²) in [7, 11) is 1.75. The average Bonchev–Trinajstić information content (AvgIpc) is 2.72. The van der Waals surface area contributed by atoms with Gasteiger partial charge >= 0.3 is 0 Å². The summed E-state index contributed by atoms with van der Waals surface area (Å²) in [6.45, 7) is 4.98. The number of carbonyl (C=O) groups excluding carboxylic acids is 2. The molecule has 0 atom stereocenters. The number of rotatable bonds is 4. The zero-order valence-corrected chi connectivity index (χ0v) is 12.1. The fraction of sp³-hybridized carbons (Fsp3) is 0.571. The maximum absolute atomic E-state index is 11.8. The lowest BCUT2D eigenvalue weighted by Gasteiger charge is -2.48. The second kappa shape index (κ2) is 5.38. The van der Waals surface area contributed by atoms with E-state index in [1.165, 1.54) is 0 Å². The van der Waals surface area contributed by atoms with Crippen molar-refractivity contribution in [2.75, 3.05) is 19.6 Å². The summed E-state index contributed by atoms with van der Waals surface area (Å²) in [6.07, 6.45) is 1.75. The van der Waals surface area contributed by atoms with Crippen molar-refractivity contribution in [3.05, 3.63) is 24.0 Å². The summed E-state index contributed by atoms with van der Waals surface area (Å²) < 4.78 is 1.66. The van der Waals surface area contributed by atoms with Crippen LogP contribution in [0.25, 0.3) is 0 Å². The van der Waals surface area contributed by atoms with Crippen molar-refractivity contribution in [2.24, 2.45) is 13.0 Å². The molecule has 6 nitrogen and oxygen atoms in total. The van der Waals surface area contributed by atoms with Crippen LogP contribution in [-0.4, -0.2) is 51.6 Å². The molecule has 1 fully saturated rings. The zero-order chi connectivity index (χ0) is 14.9. The molecule has 110 valence electrons. The van der Waals surface area contributed by atoms with Gasteiger partial charge in [0.1, 0.15) is 5.69 Å². The quantitative estimate of drug-likeness (QED) is 0.812. The van der Waals surface area contributed by atoms with Crippen LogP contribution in [0.2, 0.25) is 0 Å². The van der Waals surface area contributed by atoms with Gasteiger partial charge in [-0.05, 0) is 18.1 Å². The Morgan fingerprint density at radius 1 is 1.45 bits per heavy atom. The number of aliphatic hydroxyl groups is 1. The molecule has 0 unspecified atom stereocenters. The van der Waals surface area contributed by atoms with Gasteiger partial charge in [0.25, 0.3) is 5.91 Å². The number of likely N-dealkylation sites (tertiary alicyclic amines) is 1. The molecule has 20 heavy (non-hydrogen) atoms. The highest BCUT2D eigenvalue weighted by molar-refractivity contribution is 6.04. The van der Waals surface area contributed by atoms with Crippen molar-refractivity contribution in [1.29, 1.82) is 0 Å². The van der Waals surface area contributed by atoms with Crippen molar-refractivity contribution in [2.45, 2.75) is 19.4 Å². The van der Waals surface area contributed by atoms with Crippen LogP contribution >= 0.6 is 0 Å². The monoisotopic (exact) mass is 279 g/mol. The maximum atomic E-state index is 11.8. The van der Waals surface area contributed by atoms with Gasteiger partial charge in [0.2, 0.25) is 5.91 Å². The molecule has 0 spiro atoms. The first-order valence-corrected chi connectivity index (χ1v) is 6.72. The molecule has 1 aliphatic rings. The highest BCUT2D eigenvalue weighted by Crippen LogP contribution is 2.27. The predicted octanol–water partition coefficient (Wildman–Crippen LogP) is -0.0158. The Morgan fingerprint density at radius 3 is 2.60 bits per heavy atom. The van der Waals surface area contributed by atoms with Crippen molar-refractivity contribution in [3.8, 4) is 0 Å². The predicted molar refractivity (Wildman–Crippen MR) is 74.1 cm³/mol. The van der Waals surface area contributed by atoms with Gasteiger partial charge in [-0.3, -0.25) is 19.8 Å². The molecule has 6 heteroatoms. The lowest BCUT2D eigenvalue weighted by Crippen LogP contribution is -2.65. The molecule has 1 aromatic heterocycles. The lowest BCUT2D eigenvalue weighted by molar-refractivity contribution is -0.141. The van der Waals surface area contributed by atoms with E-state index < -0.39 is 11.5 Å². The smallest absolute Gasteiger partial charge is 0.274 e. The van der Waals surface area contributed by atoms with Crippen LogP contribution in [-0.2, 0) is 11.8 Å². The summed E-state index contributed by atoms with van der Waals surface area (Å²) in [5.74, 6) is -0.587. The third-order valence-corrected chi connectivity index (χ3v) is 3.87. The number of imide groups is 1. The molecule has 2 N–H and O–H groups in total. The molecule has 1 aromatic rings. The van der Waals surface area contributed by atoms with E-state index in [1.807, 2.05) is 18.7 Å². The second-order valence-corrected chi connectivity index (χ2v) is 5.79. The van der Waals surface area contributed by atoms with Crippen LogP contribution in [0, 0.1) is 5.92 Å². The van der Waals surface area contributed by atoms with E-state index >= 15 is 0 Å². The molecule has 1 saturated heterocycles. The molecule has 1 aliphatic heterocycles. The van der Waals surface area contributed by atoms with E-state index in [-0.39, 0.29) is 18.4 Å². The Labute approximate surface area is 118 Å². The Kier molecular flexibility index (Phi) is 3.96. The summed E-state index contributed by atoms with van der Waals surface area (Å²) >= 11 is 0. The number of hydrogen-bond acceptors (Lipinski definition) is 4. The summed E-state index contributed by atoms with van der Waals surface area (Å²) in [6, 6.07) is 3.40. The highest BCUT2D eigenvalue weighted by Gasteiger charge is 2.44. The van der Waals surface area contributed by atoms with Crippen LogP contribution in [0.1, 0.15) is 24.3 Å². The van der Waals surface area contributed by atoms with Gasteiger partial charge in [-0.25, -0.2) is 0 Å². The largest absolute Gasteiger partial charge is 0.387 e. The summed E-state index contributed by atoms with van der Waals surface area (Å²) in [4.78, 5) is 25.4.